The fourth-order valence-electron chi connectivity index (χ4n) is 1.24. The van der Waals surface area contributed by atoms with Crippen molar-refractivity contribution >= 4 is 12.4 Å². The molecular formula is C12H17NO3. The normalized spacial score (nSPS) is 16.4. The van der Waals surface area contributed by atoms with E-state index < -0.39 is 11.7 Å². The molecule has 88 valence electrons. The highest BCUT2D eigenvalue weighted by molar-refractivity contribution is 5.77. The molecule has 1 amide bonds. The summed E-state index contributed by atoms with van der Waals surface area (Å²) in [5.74, 6) is 0. The second kappa shape index (κ2) is 4.96. The van der Waals surface area contributed by atoms with E-state index in [1.807, 2.05) is 6.08 Å². The van der Waals surface area contributed by atoms with E-state index in [0.29, 0.717) is 12.0 Å². The smallest absolute Gasteiger partial charge is 0.418 e. The van der Waals surface area contributed by atoms with Crippen molar-refractivity contribution in [1.29, 1.82) is 0 Å². The standard InChI is InChI=1S/C12H17NO3/c1-12(2,3)16-11(15)13-7-5-4-6-10(8-13)9-14/h5,7-9H,4,6H2,1-3H3. The van der Waals surface area contributed by atoms with E-state index in [1.165, 1.54) is 11.1 Å². The number of ether oxygens (including phenoxy) is 1. The average molecular weight is 223 g/mol. The number of rotatable bonds is 1. The highest BCUT2D eigenvalue weighted by Crippen LogP contribution is 2.15. The molecule has 0 unspecified atom stereocenters. The van der Waals surface area contributed by atoms with Crippen LogP contribution in [-0.2, 0) is 9.53 Å². The molecule has 0 bridgehead atoms. The Morgan fingerprint density at radius 3 is 2.75 bits per heavy atom. The summed E-state index contributed by atoms with van der Waals surface area (Å²) in [7, 11) is 0. The third-order valence-electron chi connectivity index (χ3n) is 1.93. The van der Waals surface area contributed by atoms with Crippen LogP contribution in [-0.4, -0.2) is 22.9 Å². The topological polar surface area (TPSA) is 46.6 Å². The summed E-state index contributed by atoms with van der Waals surface area (Å²) < 4.78 is 5.20. The Balaban J connectivity index is 2.77. The summed E-state index contributed by atoms with van der Waals surface area (Å²) in [4.78, 5) is 23.7. The third kappa shape index (κ3) is 3.88. The number of nitrogens with zero attached hydrogens (tertiary/aromatic N) is 1. The number of carbonyl (C=O) groups excluding carboxylic acids is 2. The number of allylic oxidation sites excluding steroid dienone is 2. The highest BCUT2D eigenvalue weighted by atomic mass is 16.6. The number of carbonyl (C=O) groups is 2. The van der Waals surface area contributed by atoms with Crippen LogP contribution in [0.2, 0.25) is 0 Å². The minimum Gasteiger partial charge on any atom is -0.443 e. The van der Waals surface area contributed by atoms with Crippen LogP contribution in [0.4, 0.5) is 4.79 Å². The van der Waals surface area contributed by atoms with Crippen LogP contribution in [0.1, 0.15) is 33.6 Å². The molecule has 4 nitrogen and oxygen atoms in total. The molecule has 0 radical (unpaired) electrons. The monoisotopic (exact) mass is 223 g/mol. The Kier molecular flexibility index (Phi) is 3.88. The van der Waals surface area contributed by atoms with Gasteiger partial charge in [0.05, 0.1) is 0 Å². The number of amides is 1. The summed E-state index contributed by atoms with van der Waals surface area (Å²) in [6, 6.07) is 0. The maximum absolute atomic E-state index is 11.7. The SMILES string of the molecule is CC(C)(C)OC(=O)N1C=CCCC(C=O)=C1. The minimum absolute atomic E-state index is 0.468. The first-order valence-corrected chi connectivity index (χ1v) is 5.26. The van der Waals surface area contributed by atoms with Gasteiger partial charge in [0.25, 0.3) is 0 Å². The van der Waals surface area contributed by atoms with Gasteiger partial charge in [-0.05, 0) is 33.6 Å². The van der Waals surface area contributed by atoms with Gasteiger partial charge in [0.2, 0.25) is 0 Å². The van der Waals surface area contributed by atoms with Gasteiger partial charge in [-0.25, -0.2) is 4.79 Å². The lowest BCUT2D eigenvalue weighted by Gasteiger charge is -2.23. The molecule has 0 aromatic rings. The summed E-state index contributed by atoms with van der Waals surface area (Å²) in [5.41, 5.74) is 0.0581. The summed E-state index contributed by atoms with van der Waals surface area (Å²) in [6.07, 6.45) is 6.70. The second-order valence-corrected chi connectivity index (χ2v) is 4.63. The zero-order valence-electron chi connectivity index (χ0n) is 9.90. The van der Waals surface area contributed by atoms with Crippen molar-refractivity contribution in [3.05, 3.63) is 24.0 Å². The van der Waals surface area contributed by atoms with Crippen LogP contribution in [0.15, 0.2) is 24.0 Å². The van der Waals surface area contributed by atoms with E-state index in [9.17, 15) is 9.59 Å². The lowest BCUT2D eigenvalue weighted by molar-refractivity contribution is -0.105. The van der Waals surface area contributed by atoms with Gasteiger partial charge < -0.3 is 4.74 Å². The Hall–Kier alpha value is -1.58. The van der Waals surface area contributed by atoms with Gasteiger partial charge in [0.1, 0.15) is 11.9 Å². The molecule has 1 aliphatic rings. The van der Waals surface area contributed by atoms with E-state index in [1.54, 1.807) is 27.0 Å². The lowest BCUT2D eigenvalue weighted by Crippen LogP contribution is -2.30. The van der Waals surface area contributed by atoms with Gasteiger partial charge in [-0.2, -0.15) is 0 Å². The predicted molar refractivity (Wildman–Crippen MR) is 60.6 cm³/mol. The zero-order valence-corrected chi connectivity index (χ0v) is 9.90. The molecule has 0 N–H and O–H groups in total. The number of hydrogen-bond acceptors (Lipinski definition) is 3. The molecule has 0 saturated heterocycles. The van der Waals surface area contributed by atoms with E-state index >= 15 is 0 Å². The molecule has 1 heterocycles. The number of aldehydes is 1. The molecule has 1 rings (SSSR count). The van der Waals surface area contributed by atoms with E-state index in [4.69, 9.17) is 4.74 Å². The van der Waals surface area contributed by atoms with Gasteiger partial charge in [-0.1, -0.05) is 6.08 Å². The largest absolute Gasteiger partial charge is 0.443 e. The van der Waals surface area contributed by atoms with Crippen LogP contribution in [0.25, 0.3) is 0 Å². The number of hydrogen-bond donors (Lipinski definition) is 0. The first kappa shape index (κ1) is 12.5. The Bertz CT molecular complexity index is 337. The van der Waals surface area contributed by atoms with Crippen LogP contribution in [0.3, 0.4) is 0 Å². The zero-order chi connectivity index (χ0) is 12.2. The minimum atomic E-state index is -0.535. The molecule has 0 spiro atoms. The molecule has 0 aliphatic carbocycles. The third-order valence-corrected chi connectivity index (χ3v) is 1.93. The Morgan fingerprint density at radius 2 is 2.19 bits per heavy atom. The van der Waals surface area contributed by atoms with Gasteiger partial charge in [0, 0.05) is 18.0 Å². The molecule has 4 heteroatoms. The van der Waals surface area contributed by atoms with Crippen molar-refractivity contribution in [3.8, 4) is 0 Å². The van der Waals surface area contributed by atoms with Crippen molar-refractivity contribution < 1.29 is 14.3 Å². The van der Waals surface area contributed by atoms with Gasteiger partial charge in [-0.3, -0.25) is 9.69 Å². The fraction of sp³-hybridized carbons (Fsp3) is 0.500. The molecule has 0 aromatic carbocycles. The first-order valence-electron chi connectivity index (χ1n) is 5.26. The molecular weight excluding hydrogens is 206 g/mol. The lowest BCUT2D eigenvalue weighted by atomic mass is 10.2. The van der Waals surface area contributed by atoms with Crippen LogP contribution >= 0.6 is 0 Å². The molecule has 16 heavy (non-hydrogen) atoms. The maximum Gasteiger partial charge on any atom is 0.418 e. The fourth-order valence-corrected chi connectivity index (χ4v) is 1.24. The van der Waals surface area contributed by atoms with E-state index in [0.717, 1.165) is 12.7 Å². The first-order chi connectivity index (χ1) is 7.42. The van der Waals surface area contributed by atoms with Crippen molar-refractivity contribution in [2.75, 3.05) is 0 Å². The van der Waals surface area contributed by atoms with Crippen molar-refractivity contribution in [3.63, 3.8) is 0 Å². The average Bonchev–Trinajstić information content (AvgIpc) is 2.39. The van der Waals surface area contributed by atoms with Gasteiger partial charge >= 0.3 is 6.09 Å². The van der Waals surface area contributed by atoms with Crippen molar-refractivity contribution in [1.82, 2.24) is 4.90 Å². The summed E-state index contributed by atoms with van der Waals surface area (Å²) in [5, 5.41) is 0. The highest BCUT2D eigenvalue weighted by Gasteiger charge is 2.20. The quantitative estimate of drug-likeness (QED) is 0.642. The van der Waals surface area contributed by atoms with Gasteiger partial charge in [0.15, 0.2) is 0 Å². The molecule has 0 aromatic heterocycles. The molecule has 0 fully saturated rings. The van der Waals surface area contributed by atoms with Crippen LogP contribution in [0, 0.1) is 0 Å². The molecule has 1 aliphatic heterocycles. The summed E-state index contributed by atoms with van der Waals surface area (Å²) >= 11 is 0. The summed E-state index contributed by atoms with van der Waals surface area (Å²) in [6.45, 7) is 5.41. The molecule has 0 atom stereocenters. The Labute approximate surface area is 95.6 Å². The van der Waals surface area contributed by atoms with Crippen LogP contribution < -0.4 is 0 Å². The van der Waals surface area contributed by atoms with Crippen molar-refractivity contribution in [2.45, 2.75) is 39.2 Å². The van der Waals surface area contributed by atoms with Crippen LogP contribution in [0.5, 0.6) is 0 Å². The Morgan fingerprint density at radius 1 is 1.50 bits per heavy atom. The van der Waals surface area contributed by atoms with Gasteiger partial charge in [-0.15, -0.1) is 0 Å². The molecule has 0 saturated carbocycles. The maximum atomic E-state index is 11.7. The predicted octanol–water partition coefficient (Wildman–Crippen LogP) is 2.61. The van der Waals surface area contributed by atoms with E-state index in [-0.39, 0.29) is 0 Å². The van der Waals surface area contributed by atoms with Crippen molar-refractivity contribution in [2.24, 2.45) is 0 Å². The van der Waals surface area contributed by atoms with E-state index in [2.05, 4.69) is 0 Å². The second-order valence-electron chi connectivity index (χ2n) is 4.63.